The van der Waals surface area contributed by atoms with Crippen LogP contribution in [0, 0.1) is 0 Å². The first kappa shape index (κ1) is 18.3. The number of benzene rings is 1. The minimum absolute atomic E-state index is 0.0705. The molecule has 26 heavy (non-hydrogen) atoms. The van der Waals surface area contributed by atoms with Crippen molar-refractivity contribution in [1.82, 2.24) is 14.7 Å². The SMILES string of the molecule is CC(C)c1ccc(OCCC(=O)NCc2cn3cc(Cl)ccc3n2)cc1. The van der Waals surface area contributed by atoms with Gasteiger partial charge in [-0.2, -0.15) is 0 Å². The van der Waals surface area contributed by atoms with Gasteiger partial charge in [0.15, 0.2) is 0 Å². The number of fused-ring (bicyclic) bond motifs is 1. The van der Waals surface area contributed by atoms with Crippen molar-refractivity contribution in [2.75, 3.05) is 6.61 Å². The zero-order valence-corrected chi connectivity index (χ0v) is 15.7. The fraction of sp³-hybridized carbons (Fsp3) is 0.300. The van der Waals surface area contributed by atoms with Crippen LogP contribution in [-0.2, 0) is 11.3 Å². The van der Waals surface area contributed by atoms with Gasteiger partial charge >= 0.3 is 0 Å². The number of carbonyl (C=O) groups excluding carboxylic acids is 1. The van der Waals surface area contributed by atoms with Crippen molar-refractivity contribution in [2.45, 2.75) is 32.7 Å². The van der Waals surface area contributed by atoms with Crippen LogP contribution in [0.15, 0.2) is 48.8 Å². The van der Waals surface area contributed by atoms with Gasteiger partial charge in [0.2, 0.25) is 5.91 Å². The number of nitrogens with zero attached hydrogens (tertiary/aromatic N) is 2. The molecule has 5 nitrogen and oxygen atoms in total. The zero-order valence-electron chi connectivity index (χ0n) is 14.9. The van der Waals surface area contributed by atoms with E-state index in [0.717, 1.165) is 17.1 Å². The quantitative estimate of drug-likeness (QED) is 0.677. The Morgan fingerprint density at radius 2 is 1.96 bits per heavy atom. The van der Waals surface area contributed by atoms with Crippen molar-refractivity contribution in [3.05, 3.63) is 65.1 Å². The second-order valence-corrected chi connectivity index (χ2v) is 6.88. The fourth-order valence-electron chi connectivity index (χ4n) is 2.59. The van der Waals surface area contributed by atoms with Crippen molar-refractivity contribution in [3.8, 4) is 5.75 Å². The highest BCUT2D eigenvalue weighted by molar-refractivity contribution is 6.30. The number of imidazole rings is 1. The predicted octanol–water partition coefficient (Wildman–Crippen LogP) is 4.20. The Kier molecular flexibility index (Phi) is 5.78. The van der Waals surface area contributed by atoms with E-state index in [2.05, 4.69) is 36.3 Å². The summed E-state index contributed by atoms with van der Waals surface area (Å²) >= 11 is 5.95. The van der Waals surface area contributed by atoms with Crippen molar-refractivity contribution in [3.63, 3.8) is 0 Å². The predicted molar refractivity (Wildman–Crippen MR) is 103 cm³/mol. The van der Waals surface area contributed by atoms with Crippen LogP contribution >= 0.6 is 11.6 Å². The number of aromatic nitrogens is 2. The molecule has 3 rings (SSSR count). The van der Waals surface area contributed by atoms with Crippen LogP contribution in [-0.4, -0.2) is 21.9 Å². The first-order chi connectivity index (χ1) is 12.5. The monoisotopic (exact) mass is 371 g/mol. The van der Waals surface area contributed by atoms with Gasteiger partial charge in [-0.15, -0.1) is 0 Å². The molecule has 0 saturated heterocycles. The van der Waals surface area contributed by atoms with Crippen molar-refractivity contribution in [2.24, 2.45) is 0 Å². The van der Waals surface area contributed by atoms with Crippen LogP contribution < -0.4 is 10.1 Å². The normalized spacial score (nSPS) is 11.1. The lowest BCUT2D eigenvalue weighted by molar-refractivity contribution is -0.121. The Morgan fingerprint density at radius 1 is 1.19 bits per heavy atom. The molecule has 2 heterocycles. The Labute approximate surface area is 158 Å². The standard InChI is InChI=1S/C20H22ClN3O2/c1-14(2)15-3-6-18(7-4-15)26-10-9-20(25)22-11-17-13-24-12-16(21)5-8-19(24)23-17/h3-8,12-14H,9-11H2,1-2H3,(H,22,25). The third-order valence-electron chi connectivity index (χ3n) is 4.08. The lowest BCUT2D eigenvalue weighted by Crippen LogP contribution is -2.24. The van der Waals surface area contributed by atoms with E-state index in [1.54, 1.807) is 12.3 Å². The van der Waals surface area contributed by atoms with E-state index in [-0.39, 0.29) is 5.91 Å². The minimum atomic E-state index is -0.0705. The van der Waals surface area contributed by atoms with Gasteiger partial charge in [0.1, 0.15) is 11.4 Å². The molecule has 3 aromatic rings. The molecule has 0 aliphatic carbocycles. The van der Waals surface area contributed by atoms with Crippen molar-refractivity contribution < 1.29 is 9.53 Å². The molecule has 0 atom stereocenters. The van der Waals surface area contributed by atoms with Gasteiger partial charge in [0, 0.05) is 12.4 Å². The van der Waals surface area contributed by atoms with Crippen LogP contribution in [0.3, 0.4) is 0 Å². The van der Waals surface area contributed by atoms with Crippen LogP contribution in [0.4, 0.5) is 0 Å². The molecule has 0 radical (unpaired) electrons. The lowest BCUT2D eigenvalue weighted by Gasteiger charge is -2.09. The summed E-state index contributed by atoms with van der Waals surface area (Å²) in [7, 11) is 0. The maximum absolute atomic E-state index is 12.0. The summed E-state index contributed by atoms with van der Waals surface area (Å²) in [5, 5.41) is 3.50. The number of rotatable bonds is 7. The van der Waals surface area contributed by atoms with Gasteiger partial charge in [0.05, 0.1) is 30.3 Å². The Hall–Kier alpha value is -2.53. The summed E-state index contributed by atoms with van der Waals surface area (Å²) in [4.78, 5) is 16.4. The summed E-state index contributed by atoms with van der Waals surface area (Å²) in [6, 6.07) is 11.6. The smallest absolute Gasteiger partial charge is 0.223 e. The summed E-state index contributed by atoms with van der Waals surface area (Å²) in [5.41, 5.74) is 2.85. The molecule has 0 saturated carbocycles. The van der Waals surface area contributed by atoms with Crippen LogP contribution in [0.2, 0.25) is 5.02 Å². The number of hydrogen-bond acceptors (Lipinski definition) is 3. The van der Waals surface area contributed by atoms with Crippen LogP contribution in [0.1, 0.15) is 37.4 Å². The maximum atomic E-state index is 12.0. The molecule has 0 unspecified atom stereocenters. The average Bonchev–Trinajstić information content (AvgIpc) is 3.02. The molecular weight excluding hydrogens is 350 g/mol. The number of amides is 1. The summed E-state index contributed by atoms with van der Waals surface area (Å²) in [6.07, 6.45) is 3.94. The average molecular weight is 372 g/mol. The molecule has 0 aliphatic heterocycles. The Bertz CT molecular complexity index is 888. The van der Waals surface area contributed by atoms with Gasteiger partial charge in [-0.3, -0.25) is 4.79 Å². The topological polar surface area (TPSA) is 55.6 Å². The summed E-state index contributed by atoms with van der Waals surface area (Å²) in [5.74, 6) is 1.20. The van der Waals surface area contributed by atoms with E-state index < -0.39 is 0 Å². The van der Waals surface area contributed by atoms with Crippen molar-refractivity contribution >= 4 is 23.2 Å². The van der Waals surface area contributed by atoms with Gasteiger partial charge in [-0.05, 0) is 35.7 Å². The van der Waals surface area contributed by atoms with Crippen LogP contribution in [0.5, 0.6) is 5.75 Å². The van der Waals surface area contributed by atoms with Gasteiger partial charge < -0.3 is 14.5 Å². The maximum Gasteiger partial charge on any atom is 0.223 e. The molecule has 1 N–H and O–H groups in total. The van der Waals surface area contributed by atoms with E-state index >= 15 is 0 Å². The zero-order chi connectivity index (χ0) is 18.5. The van der Waals surface area contributed by atoms with E-state index in [9.17, 15) is 4.79 Å². The second-order valence-electron chi connectivity index (χ2n) is 6.44. The molecule has 2 aromatic heterocycles. The van der Waals surface area contributed by atoms with Gasteiger partial charge in [0.25, 0.3) is 0 Å². The second kappa shape index (κ2) is 8.23. The Morgan fingerprint density at radius 3 is 2.69 bits per heavy atom. The van der Waals surface area contributed by atoms with Gasteiger partial charge in [-0.1, -0.05) is 37.6 Å². The molecule has 1 amide bonds. The number of hydrogen-bond donors (Lipinski definition) is 1. The van der Waals surface area contributed by atoms with E-state index in [1.807, 2.05) is 28.8 Å². The molecular formula is C20H22ClN3O2. The molecule has 1 aromatic carbocycles. The number of pyridine rings is 1. The molecule has 0 aliphatic rings. The first-order valence-electron chi connectivity index (χ1n) is 8.64. The van der Waals surface area contributed by atoms with E-state index in [0.29, 0.717) is 30.5 Å². The summed E-state index contributed by atoms with van der Waals surface area (Å²) in [6.45, 7) is 5.02. The highest BCUT2D eigenvalue weighted by Gasteiger charge is 2.06. The highest BCUT2D eigenvalue weighted by atomic mass is 35.5. The fourth-order valence-corrected chi connectivity index (χ4v) is 2.76. The largest absolute Gasteiger partial charge is 0.493 e. The van der Waals surface area contributed by atoms with E-state index in [4.69, 9.17) is 16.3 Å². The molecule has 0 fully saturated rings. The third kappa shape index (κ3) is 4.76. The highest BCUT2D eigenvalue weighted by Crippen LogP contribution is 2.18. The number of carbonyl (C=O) groups is 1. The van der Waals surface area contributed by atoms with E-state index in [1.165, 1.54) is 5.56 Å². The van der Waals surface area contributed by atoms with Gasteiger partial charge in [-0.25, -0.2) is 4.98 Å². The van der Waals surface area contributed by atoms with Crippen molar-refractivity contribution in [1.29, 1.82) is 0 Å². The number of nitrogens with one attached hydrogen (secondary N) is 1. The van der Waals surface area contributed by atoms with Crippen LogP contribution in [0.25, 0.3) is 5.65 Å². The third-order valence-corrected chi connectivity index (χ3v) is 4.30. The number of halogens is 1. The minimum Gasteiger partial charge on any atom is -0.493 e. The Balaban J connectivity index is 1.43. The summed E-state index contributed by atoms with van der Waals surface area (Å²) < 4.78 is 7.47. The molecule has 0 spiro atoms. The number of ether oxygens (including phenoxy) is 1. The first-order valence-corrected chi connectivity index (χ1v) is 9.01. The molecule has 0 bridgehead atoms. The lowest BCUT2D eigenvalue weighted by atomic mass is 10.0. The molecule has 136 valence electrons. The molecule has 6 heteroatoms.